The van der Waals surface area contributed by atoms with Crippen LogP contribution in [0.5, 0.6) is 0 Å². The lowest BCUT2D eigenvalue weighted by molar-refractivity contribution is -0.658. The first-order valence-electron chi connectivity index (χ1n) is 10.4. The molecule has 4 rings (SSSR count). The SMILES string of the molecule is C[C@H]1CCC[C@]2(C)C[C@H]3OC(=O)[C@@H](C[NH2+]CCc4ccc(F)cc4)[C@H]3C=C12. The second kappa shape index (κ2) is 7.38. The molecule has 0 radical (unpaired) electrons. The van der Waals surface area contributed by atoms with E-state index in [-0.39, 0.29) is 35.1 Å². The third kappa shape index (κ3) is 3.69. The van der Waals surface area contributed by atoms with Crippen LogP contribution in [-0.4, -0.2) is 25.2 Å². The van der Waals surface area contributed by atoms with Crippen molar-refractivity contribution in [3.63, 3.8) is 0 Å². The number of rotatable bonds is 5. The molecule has 27 heavy (non-hydrogen) atoms. The number of quaternary nitrogens is 1. The van der Waals surface area contributed by atoms with Gasteiger partial charge in [-0.3, -0.25) is 4.79 Å². The Kier molecular flexibility index (Phi) is 5.11. The van der Waals surface area contributed by atoms with Crippen molar-refractivity contribution in [2.75, 3.05) is 13.1 Å². The fraction of sp³-hybridized carbons (Fsp3) is 0.609. The van der Waals surface area contributed by atoms with Crippen LogP contribution in [0.1, 0.15) is 45.1 Å². The molecule has 1 aliphatic heterocycles. The first-order valence-corrected chi connectivity index (χ1v) is 10.4. The zero-order chi connectivity index (χ0) is 19.0. The van der Waals surface area contributed by atoms with Crippen molar-refractivity contribution in [3.8, 4) is 0 Å². The third-order valence-corrected chi connectivity index (χ3v) is 7.05. The van der Waals surface area contributed by atoms with Gasteiger partial charge in [-0.15, -0.1) is 0 Å². The predicted molar refractivity (Wildman–Crippen MR) is 102 cm³/mol. The zero-order valence-electron chi connectivity index (χ0n) is 16.4. The Balaban J connectivity index is 1.38. The molecule has 0 bridgehead atoms. The molecule has 1 heterocycles. The second-order valence-corrected chi connectivity index (χ2v) is 9.03. The molecule has 1 saturated heterocycles. The smallest absolute Gasteiger partial charge is 0.315 e. The summed E-state index contributed by atoms with van der Waals surface area (Å²) in [5, 5.41) is 2.22. The molecule has 1 saturated carbocycles. The van der Waals surface area contributed by atoms with Crippen molar-refractivity contribution in [1.29, 1.82) is 0 Å². The van der Waals surface area contributed by atoms with Gasteiger partial charge in [0.1, 0.15) is 17.8 Å². The van der Waals surface area contributed by atoms with Crippen molar-refractivity contribution < 1.29 is 19.2 Å². The summed E-state index contributed by atoms with van der Waals surface area (Å²) >= 11 is 0. The van der Waals surface area contributed by atoms with Crippen LogP contribution < -0.4 is 5.32 Å². The summed E-state index contributed by atoms with van der Waals surface area (Å²) in [6.07, 6.45) is 8.12. The lowest BCUT2D eigenvalue weighted by atomic mass is 9.59. The molecule has 2 fully saturated rings. The van der Waals surface area contributed by atoms with Gasteiger partial charge in [-0.2, -0.15) is 0 Å². The van der Waals surface area contributed by atoms with E-state index in [2.05, 4.69) is 25.2 Å². The number of benzene rings is 1. The van der Waals surface area contributed by atoms with Crippen LogP contribution in [0.4, 0.5) is 4.39 Å². The third-order valence-electron chi connectivity index (χ3n) is 7.05. The van der Waals surface area contributed by atoms with Gasteiger partial charge in [0.15, 0.2) is 0 Å². The van der Waals surface area contributed by atoms with E-state index in [9.17, 15) is 9.18 Å². The number of halogens is 1. The van der Waals surface area contributed by atoms with E-state index >= 15 is 0 Å². The first kappa shape index (κ1) is 18.7. The van der Waals surface area contributed by atoms with Crippen molar-refractivity contribution in [2.24, 2.45) is 23.2 Å². The maximum Gasteiger partial charge on any atom is 0.315 e. The highest BCUT2D eigenvalue weighted by molar-refractivity contribution is 5.76. The van der Waals surface area contributed by atoms with Gasteiger partial charge in [0, 0.05) is 12.3 Å². The van der Waals surface area contributed by atoms with Crippen LogP contribution in [0.15, 0.2) is 35.9 Å². The number of carbonyl (C=O) groups excluding carboxylic acids is 1. The molecule has 2 aliphatic carbocycles. The molecule has 3 aliphatic rings. The average Bonchev–Trinajstić information content (AvgIpc) is 2.92. The van der Waals surface area contributed by atoms with Gasteiger partial charge in [-0.25, -0.2) is 4.39 Å². The molecule has 3 nitrogen and oxygen atoms in total. The number of esters is 1. The highest BCUT2D eigenvalue weighted by atomic mass is 19.1. The Morgan fingerprint density at radius 1 is 1.30 bits per heavy atom. The predicted octanol–water partition coefficient (Wildman–Crippen LogP) is 3.25. The van der Waals surface area contributed by atoms with Crippen LogP contribution in [-0.2, 0) is 16.0 Å². The lowest BCUT2D eigenvalue weighted by Crippen LogP contribution is -2.86. The summed E-state index contributed by atoms with van der Waals surface area (Å²) in [4.78, 5) is 12.5. The zero-order valence-corrected chi connectivity index (χ0v) is 16.4. The molecule has 1 aromatic rings. The summed E-state index contributed by atoms with van der Waals surface area (Å²) in [5.74, 6) is 0.618. The molecular formula is C23H31FNO2+. The molecule has 1 aromatic carbocycles. The van der Waals surface area contributed by atoms with Crippen molar-refractivity contribution >= 4 is 5.97 Å². The van der Waals surface area contributed by atoms with Gasteiger partial charge < -0.3 is 10.1 Å². The maximum absolute atomic E-state index is 13.0. The Hall–Kier alpha value is -1.68. The van der Waals surface area contributed by atoms with E-state index < -0.39 is 0 Å². The summed E-state index contributed by atoms with van der Waals surface area (Å²) in [5.41, 5.74) is 2.93. The van der Waals surface area contributed by atoms with E-state index in [1.54, 1.807) is 5.57 Å². The number of ether oxygens (including phenoxy) is 1. The normalized spacial score (nSPS) is 35.2. The Bertz CT molecular complexity index is 728. The Morgan fingerprint density at radius 2 is 2.07 bits per heavy atom. The molecule has 2 N–H and O–H groups in total. The number of fused-ring (bicyclic) bond motifs is 2. The molecule has 0 unspecified atom stereocenters. The molecule has 5 atom stereocenters. The summed E-state index contributed by atoms with van der Waals surface area (Å²) < 4.78 is 18.8. The van der Waals surface area contributed by atoms with Crippen LogP contribution in [0.3, 0.4) is 0 Å². The monoisotopic (exact) mass is 372 g/mol. The maximum atomic E-state index is 13.0. The Morgan fingerprint density at radius 3 is 2.85 bits per heavy atom. The van der Waals surface area contributed by atoms with E-state index in [0.717, 1.165) is 31.5 Å². The fourth-order valence-electron chi connectivity index (χ4n) is 5.53. The lowest BCUT2D eigenvalue weighted by Gasteiger charge is -2.45. The quantitative estimate of drug-likeness (QED) is 0.490. The topological polar surface area (TPSA) is 42.9 Å². The van der Waals surface area contributed by atoms with Crippen LogP contribution >= 0.6 is 0 Å². The van der Waals surface area contributed by atoms with Gasteiger partial charge in [-0.05, 0) is 48.3 Å². The number of nitrogens with two attached hydrogens (primary N) is 1. The van der Waals surface area contributed by atoms with Crippen molar-refractivity contribution in [1.82, 2.24) is 0 Å². The summed E-state index contributed by atoms with van der Waals surface area (Å²) in [6, 6.07) is 6.68. The molecule has 0 amide bonds. The second-order valence-electron chi connectivity index (χ2n) is 9.03. The van der Waals surface area contributed by atoms with Crippen molar-refractivity contribution in [2.45, 2.75) is 52.1 Å². The van der Waals surface area contributed by atoms with Gasteiger partial charge >= 0.3 is 5.97 Å². The van der Waals surface area contributed by atoms with E-state index in [1.165, 1.54) is 31.4 Å². The van der Waals surface area contributed by atoms with Gasteiger partial charge in [-0.1, -0.05) is 44.1 Å². The van der Waals surface area contributed by atoms with Crippen LogP contribution in [0, 0.1) is 29.0 Å². The molecule has 0 spiro atoms. The highest BCUT2D eigenvalue weighted by Crippen LogP contribution is 2.53. The molecule has 4 heteroatoms. The minimum atomic E-state index is -0.197. The van der Waals surface area contributed by atoms with Crippen LogP contribution in [0.25, 0.3) is 0 Å². The van der Waals surface area contributed by atoms with Crippen LogP contribution in [0.2, 0.25) is 0 Å². The largest absolute Gasteiger partial charge is 0.461 e. The first-order chi connectivity index (χ1) is 13.0. The van der Waals surface area contributed by atoms with E-state index in [4.69, 9.17) is 4.74 Å². The number of carbonyl (C=O) groups is 1. The molecular weight excluding hydrogens is 341 g/mol. The van der Waals surface area contributed by atoms with E-state index in [0.29, 0.717) is 5.92 Å². The minimum absolute atomic E-state index is 0.0187. The standard InChI is InChI=1S/C23H30FNO2/c1-15-4-3-10-23(2)13-21-18(12-20(15)23)19(22(26)27-21)14-25-11-9-16-5-7-17(24)8-6-16/h5-8,12,15,18-19,21,25H,3-4,9-11,13-14H2,1-2H3/p+1/t15-,18+,19-,21+,23+/m0/s1. The van der Waals surface area contributed by atoms with Gasteiger partial charge in [0.25, 0.3) is 0 Å². The number of hydrogen-bond acceptors (Lipinski definition) is 2. The number of hydrogen-bond donors (Lipinski definition) is 1. The summed E-state index contributed by atoms with van der Waals surface area (Å²) in [6.45, 7) is 6.37. The number of allylic oxidation sites excluding steroid dienone is 1. The van der Waals surface area contributed by atoms with Gasteiger partial charge in [0.05, 0.1) is 13.1 Å². The highest BCUT2D eigenvalue weighted by Gasteiger charge is 2.52. The van der Waals surface area contributed by atoms with Crippen molar-refractivity contribution in [3.05, 3.63) is 47.3 Å². The average molecular weight is 373 g/mol. The molecule has 0 aromatic heterocycles. The Labute approximate surface area is 161 Å². The fourth-order valence-corrected chi connectivity index (χ4v) is 5.53. The van der Waals surface area contributed by atoms with Gasteiger partial charge in [0.2, 0.25) is 0 Å². The molecule has 146 valence electrons. The minimum Gasteiger partial charge on any atom is -0.461 e. The summed E-state index contributed by atoms with van der Waals surface area (Å²) in [7, 11) is 0. The van der Waals surface area contributed by atoms with E-state index in [1.807, 2.05) is 12.1 Å².